The first-order valence-corrected chi connectivity index (χ1v) is 12.9. The Labute approximate surface area is 222 Å². The van der Waals surface area contributed by atoms with Gasteiger partial charge in [0, 0.05) is 36.3 Å². The van der Waals surface area contributed by atoms with Crippen LogP contribution in [-0.4, -0.2) is 70.8 Å². The van der Waals surface area contributed by atoms with Gasteiger partial charge in [-0.25, -0.2) is 8.78 Å². The van der Waals surface area contributed by atoms with Crippen molar-refractivity contribution in [2.75, 3.05) is 6.54 Å². The van der Waals surface area contributed by atoms with Crippen molar-refractivity contribution < 1.29 is 41.1 Å². The number of nitriles is 1. The fourth-order valence-corrected chi connectivity index (χ4v) is 6.20. The molecule has 4 rings (SSSR count). The molecule has 0 radical (unpaired) electrons. The largest absolute Gasteiger partial charge is 0.471 e. The average molecular weight is 562 g/mol. The molecule has 9 nitrogen and oxygen atoms in total. The van der Waals surface area contributed by atoms with Crippen molar-refractivity contribution in [3.05, 3.63) is 0 Å². The second-order valence-electron chi connectivity index (χ2n) is 12.8. The molecule has 2 spiro atoms. The van der Waals surface area contributed by atoms with Crippen molar-refractivity contribution >= 4 is 23.6 Å². The number of carbonyl (C=O) groups excluding carboxylic acids is 4. The monoisotopic (exact) mass is 561 g/mol. The summed E-state index contributed by atoms with van der Waals surface area (Å²) in [6.45, 7) is 3.97. The van der Waals surface area contributed by atoms with Gasteiger partial charge in [-0.2, -0.15) is 18.4 Å². The molecular formula is C25H32F5N5O4. The lowest BCUT2D eigenvalue weighted by atomic mass is 9.65. The molecule has 14 heteroatoms. The zero-order valence-corrected chi connectivity index (χ0v) is 21.9. The Morgan fingerprint density at radius 2 is 1.74 bits per heavy atom. The first-order chi connectivity index (χ1) is 17.8. The topological polar surface area (TPSA) is 131 Å². The second-order valence-corrected chi connectivity index (χ2v) is 12.8. The fourth-order valence-electron chi connectivity index (χ4n) is 6.20. The van der Waals surface area contributed by atoms with Crippen molar-refractivity contribution in [1.82, 2.24) is 20.9 Å². The van der Waals surface area contributed by atoms with E-state index in [-0.39, 0.29) is 30.8 Å². The summed E-state index contributed by atoms with van der Waals surface area (Å²) in [5.74, 6) is -7.89. The normalized spacial score (nSPS) is 27.8. The van der Waals surface area contributed by atoms with Gasteiger partial charge in [0.1, 0.15) is 18.1 Å². The minimum atomic E-state index is -5.27. The van der Waals surface area contributed by atoms with Gasteiger partial charge in [0.15, 0.2) is 0 Å². The summed E-state index contributed by atoms with van der Waals surface area (Å²) < 4.78 is 66.7. The number of hydrogen-bond acceptors (Lipinski definition) is 5. The van der Waals surface area contributed by atoms with Crippen molar-refractivity contribution in [1.29, 1.82) is 5.26 Å². The van der Waals surface area contributed by atoms with E-state index in [1.165, 1.54) is 20.8 Å². The molecule has 39 heavy (non-hydrogen) atoms. The minimum absolute atomic E-state index is 0.0198. The molecule has 0 aromatic rings. The van der Waals surface area contributed by atoms with E-state index in [4.69, 9.17) is 0 Å². The van der Waals surface area contributed by atoms with Crippen LogP contribution in [0.25, 0.3) is 0 Å². The molecule has 0 aromatic carbocycles. The van der Waals surface area contributed by atoms with Crippen LogP contribution in [0.15, 0.2) is 0 Å². The van der Waals surface area contributed by atoms with Gasteiger partial charge in [-0.05, 0) is 37.5 Å². The van der Waals surface area contributed by atoms with Crippen LogP contribution in [-0.2, 0) is 19.2 Å². The summed E-state index contributed by atoms with van der Waals surface area (Å²) in [7, 11) is 0. The number of carbonyl (C=O) groups is 4. The third-order valence-electron chi connectivity index (χ3n) is 8.25. The Morgan fingerprint density at radius 3 is 2.21 bits per heavy atom. The van der Waals surface area contributed by atoms with Gasteiger partial charge < -0.3 is 20.9 Å². The van der Waals surface area contributed by atoms with E-state index in [0.717, 1.165) is 17.7 Å². The highest BCUT2D eigenvalue weighted by atomic mass is 19.4. The fraction of sp³-hybridized carbons (Fsp3) is 0.800. The molecule has 2 heterocycles. The molecule has 2 aliphatic carbocycles. The maximum atomic E-state index is 13.9. The summed E-state index contributed by atoms with van der Waals surface area (Å²) in [6.07, 6.45) is -4.42. The van der Waals surface area contributed by atoms with Crippen LogP contribution in [0.3, 0.4) is 0 Å². The number of nitrogens with one attached hydrogen (secondary N) is 3. The lowest BCUT2D eigenvalue weighted by Crippen LogP contribution is -2.60. The highest BCUT2D eigenvalue weighted by Gasteiger charge is 2.63. The third kappa shape index (κ3) is 5.96. The highest BCUT2D eigenvalue weighted by molar-refractivity contribution is 5.94. The Morgan fingerprint density at radius 1 is 1.13 bits per heavy atom. The molecule has 0 bridgehead atoms. The number of rotatable bonds is 6. The first kappa shape index (κ1) is 29.0. The number of nitrogens with zero attached hydrogens (tertiary/aromatic N) is 2. The highest BCUT2D eigenvalue weighted by Crippen LogP contribution is 2.58. The Balaban J connectivity index is 1.53. The van der Waals surface area contributed by atoms with E-state index >= 15 is 0 Å². The van der Waals surface area contributed by atoms with Crippen LogP contribution < -0.4 is 16.0 Å². The Kier molecular flexibility index (Phi) is 6.92. The van der Waals surface area contributed by atoms with Gasteiger partial charge in [-0.15, -0.1) is 0 Å². The predicted molar refractivity (Wildman–Crippen MR) is 125 cm³/mol. The number of likely N-dealkylation sites (tertiary alicyclic amines) is 1. The molecular weight excluding hydrogens is 529 g/mol. The molecule has 4 atom stereocenters. The van der Waals surface area contributed by atoms with E-state index in [2.05, 4.69) is 10.6 Å². The van der Waals surface area contributed by atoms with Crippen molar-refractivity contribution in [3.8, 4) is 6.07 Å². The third-order valence-corrected chi connectivity index (χ3v) is 8.25. The molecule has 4 aliphatic rings. The van der Waals surface area contributed by atoms with Crippen molar-refractivity contribution in [3.63, 3.8) is 0 Å². The van der Waals surface area contributed by atoms with Gasteiger partial charge in [0.05, 0.1) is 6.07 Å². The smallest absolute Gasteiger partial charge is 0.350 e. The lowest BCUT2D eigenvalue weighted by molar-refractivity contribution is -0.176. The van der Waals surface area contributed by atoms with E-state index < -0.39 is 77.5 Å². The molecule has 2 saturated heterocycles. The Hall–Kier alpha value is -2.98. The van der Waals surface area contributed by atoms with Crippen LogP contribution in [0.5, 0.6) is 0 Å². The maximum Gasteiger partial charge on any atom is 0.471 e. The minimum Gasteiger partial charge on any atom is -0.350 e. The maximum absolute atomic E-state index is 13.9. The van der Waals surface area contributed by atoms with Gasteiger partial charge in [-0.3, -0.25) is 19.2 Å². The molecule has 2 saturated carbocycles. The zero-order chi connectivity index (χ0) is 29.2. The van der Waals surface area contributed by atoms with Crippen molar-refractivity contribution in [2.24, 2.45) is 16.7 Å². The van der Waals surface area contributed by atoms with Gasteiger partial charge in [-0.1, -0.05) is 20.8 Å². The number of alkyl halides is 5. The zero-order valence-electron chi connectivity index (χ0n) is 21.9. The quantitative estimate of drug-likeness (QED) is 0.428. The summed E-state index contributed by atoms with van der Waals surface area (Å²) in [5.41, 5.74) is -2.59. The van der Waals surface area contributed by atoms with Gasteiger partial charge >= 0.3 is 12.1 Å². The summed E-state index contributed by atoms with van der Waals surface area (Å²) in [4.78, 5) is 51.9. The van der Waals surface area contributed by atoms with Crippen LogP contribution in [0.2, 0.25) is 0 Å². The van der Waals surface area contributed by atoms with Crippen LogP contribution in [0.1, 0.15) is 65.7 Å². The predicted octanol–water partition coefficient (Wildman–Crippen LogP) is 2.16. The second kappa shape index (κ2) is 9.30. The van der Waals surface area contributed by atoms with E-state index in [9.17, 15) is 46.4 Å². The summed E-state index contributed by atoms with van der Waals surface area (Å²) >= 11 is 0. The average Bonchev–Trinajstić information content (AvgIpc) is 3.30. The molecule has 2 aliphatic heterocycles. The van der Waals surface area contributed by atoms with Crippen LogP contribution in [0.4, 0.5) is 22.0 Å². The van der Waals surface area contributed by atoms with E-state index in [0.29, 0.717) is 6.42 Å². The summed E-state index contributed by atoms with van der Waals surface area (Å²) in [6, 6.07) is -2.23. The SMILES string of the molecule is CC(C)(C)C(NC(=O)C(F)(F)F)C(=O)N1CC2(CC1C(=O)NC(C#N)CC1CC3(CC3)NC1=O)CC(F)(F)C2. The Bertz CT molecular complexity index is 1100. The van der Waals surface area contributed by atoms with E-state index in [1.807, 2.05) is 6.07 Å². The van der Waals surface area contributed by atoms with Crippen LogP contribution >= 0.6 is 0 Å². The van der Waals surface area contributed by atoms with Gasteiger partial charge in [0.25, 0.3) is 0 Å². The lowest BCUT2D eigenvalue weighted by Gasteiger charge is -2.44. The van der Waals surface area contributed by atoms with Gasteiger partial charge in [0.2, 0.25) is 23.6 Å². The molecule has 216 valence electrons. The number of halogens is 5. The molecule has 3 N–H and O–H groups in total. The van der Waals surface area contributed by atoms with Crippen LogP contribution in [0, 0.1) is 28.1 Å². The first-order valence-electron chi connectivity index (χ1n) is 12.9. The summed E-state index contributed by atoms with van der Waals surface area (Å²) in [5, 5.41) is 16.8. The molecule has 4 amide bonds. The number of hydrogen-bond donors (Lipinski definition) is 3. The molecule has 4 fully saturated rings. The molecule has 0 aromatic heterocycles. The molecule has 4 unspecified atom stereocenters. The standard InChI is InChI=1S/C25H32F5N5O4/c1-21(2,3)16(33-20(39)25(28,29)30)19(38)35-12-22(10-24(26,27)11-22)8-15(35)18(37)32-14(9-31)6-13-7-23(4-5-23)34-17(13)36/h13-16H,4-8,10-12H2,1-3H3,(H,32,37)(H,33,39)(H,34,36). The van der Waals surface area contributed by atoms with Crippen molar-refractivity contribution in [2.45, 2.75) is 101 Å². The van der Waals surface area contributed by atoms with E-state index in [1.54, 1.807) is 5.32 Å². The number of amides is 4.